The Hall–Kier alpha value is -2.39. The first-order valence-electron chi connectivity index (χ1n) is 6.43. The fraction of sp³-hybridized carbons (Fsp3) is 0.0588. The van der Waals surface area contributed by atoms with E-state index < -0.39 is 5.97 Å². The monoisotopic (exact) mass is 297 g/mol. The number of pyridine rings is 1. The molecule has 0 fully saturated rings. The number of nitrogens with zero attached hydrogens (tertiary/aromatic N) is 1. The molecule has 1 heterocycles. The molecule has 0 amide bonds. The number of methoxy groups -OCH3 is 1. The van der Waals surface area contributed by atoms with Gasteiger partial charge < -0.3 is 4.74 Å². The topological polar surface area (TPSA) is 39.2 Å². The SMILES string of the molecule is COC(=O)c1cc2ccccc2nc1-c1cccc(Cl)c1. The Morgan fingerprint density at radius 3 is 2.67 bits per heavy atom. The second kappa shape index (κ2) is 5.54. The summed E-state index contributed by atoms with van der Waals surface area (Å²) in [6, 6.07) is 16.7. The van der Waals surface area contributed by atoms with Crippen LogP contribution in [-0.2, 0) is 4.74 Å². The summed E-state index contributed by atoms with van der Waals surface area (Å²) in [5, 5.41) is 1.49. The van der Waals surface area contributed by atoms with Crippen LogP contribution in [0.3, 0.4) is 0 Å². The van der Waals surface area contributed by atoms with Gasteiger partial charge in [-0.1, -0.05) is 41.9 Å². The van der Waals surface area contributed by atoms with Gasteiger partial charge in [0, 0.05) is 16.0 Å². The molecule has 0 aliphatic heterocycles. The number of hydrogen-bond donors (Lipinski definition) is 0. The highest BCUT2D eigenvalue weighted by Crippen LogP contribution is 2.28. The molecule has 0 saturated heterocycles. The summed E-state index contributed by atoms with van der Waals surface area (Å²) in [6.07, 6.45) is 0. The molecule has 1 aromatic heterocycles. The van der Waals surface area contributed by atoms with E-state index >= 15 is 0 Å². The second-order valence-corrected chi connectivity index (χ2v) is 5.02. The van der Waals surface area contributed by atoms with Crippen LogP contribution in [0.25, 0.3) is 22.2 Å². The largest absolute Gasteiger partial charge is 0.465 e. The third-order valence-corrected chi connectivity index (χ3v) is 3.46. The minimum Gasteiger partial charge on any atom is -0.465 e. The normalized spacial score (nSPS) is 10.6. The van der Waals surface area contributed by atoms with Crippen molar-refractivity contribution < 1.29 is 9.53 Å². The molecule has 104 valence electrons. The van der Waals surface area contributed by atoms with Crippen LogP contribution in [0.5, 0.6) is 0 Å². The fourth-order valence-electron chi connectivity index (χ4n) is 2.24. The predicted octanol–water partition coefficient (Wildman–Crippen LogP) is 4.34. The summed E-state index contributed by atoms with van der Waals surface area (Å²) < 4.78 is 4.87. The summed E-state index contributed by atoms with van der Waals surface area (Å²) in [4.78, 5) is 16.6. The number of aromatic nitrogens is 1. The van der Waals surface area contributed by atoms with E-state index in [-0.39, 0.29) is 0 Å². The molecule has 0 bridgehead atoms. The van der Waals surface area contributed by atoms with Crippen LogP contribution in [0, 0.1) is 0 Å². The molecule has 21 heavy (non-hydrogen) atoms. The molecule has 4 heteroatoms. The molecule has 3 aromatic rings. The minimum atomic E-state index is -0.414. The maximum absolute atomic E-state index is 12.0. The van der Waals surface area contributed by atoms with Gasteiger partial charge in [0.1, 0.15) is 0 Å². The van der Waals surface area contributed by atoms with Crippen molar-refractivity contribution in [1.29, 1.82) is 0 Å². The Bertz CT molecular complexity index is 830. The van der Waals surface area contributed by atoms with Crippen molar-refractivity contribution in [2.75, 3.05) is 7.11 Å². The van der Waals surface area contributed by atoms with Crippen LogP contribution >= 0.6 is 11.6 Å². The van der Waals surface area contributed by atoms with Crippen molar-refractivity contribution in [3.8, 4) is 11.3 Å². The number of fused-ring (bicyclic) bond motifs is 1. The number of carbonyl (C=O) groups is 1. The first kappa shape index (κ1) is 13.6. The van der Waals surface area contributed by atoms with Crippen molar-refractivity contribution in [2.45, 2.75) is 0 Å². The molecule has 0 unspecified atom stereocenters. The molecule has 0 spiro atoms. The molecule has 0 aliphatic rings. The summed E-state index contributed by atoms with van der Waals surface area (Å²) in [5.41, 5.74) is 2.61. The van der Waals surface area contributed by atoms with Crippen LogP contribution in [0.4, 0.5) is 0 Å². The number of halogens is 1. The Balaban J connectivity index is 2.30. The molecule has 3 nitrogen and oxygen atoms in total. The molecular weight excluding hydrogens is 286 g/mol. The van der Waals surface area contributed by atoms with Crippen LogP contribution in [-0.4, -0.2) is 18.1 Å². The number of ether oxygens (including phenoxy) is 1. The molecule has 2 aromatic carbocycles. The zero-order valence-corrected chi connectivity index (χ0v) is 12.1. The van der Waals surface area contributed by atoms with E-state index in [2.05, 4.69) is 4.98 Å². The van der Waals surface area contributed by atoms with Gasteiger partial charge in [-0.2, -0.15) is 0 Å². The number of benzene rings is 2. The Morgan fingerprint density at radius 1 is 1.10 bits per heavy atom. The Labute approximate surface area is 127 Å². The van der Waals surface area contributed by atoms with E-state index in [1.165, 1.54) is 7.11 Å². The summed E-state index contributed by atoms with van der Waals surface area (Å²) in [6.45, 7) is 0. The first-order chi connectivity index (χ1) is 10.2. The second-order valence-electron chi connectivity index (χ2n) is 4.58. The quantitative estimate of drug-likeness (QED) is 0.660. The van der Waals surface area contributed by atoms with Crippen molar-refractivity contribution in [2.24, 2.45) is 0 Å². The maximum atomic E-state index is 12.0. The van der Waals surface area contributed by atoms with Gasteiger partial charge in [0.15, 0.2) is 0 Å². The Kier molecular flexibility index (Phi) is 3.59. The third-order valence-electron chi connectivity index (χ3n) is 3.23. The standard InChI is InChI=1S/C17H12ClNO2/c1-21-17(20)14-10-11-5-2-3-8-15(11)19-16(14)12-6-4-7-13(18)9-12/h2-10H,1H3. The van der Waals surface area contributed by atoms with Gasteiger partial charge >= 0.3 is 5.97 Å². The van der Waals surface area contributed by atoms with E-state index in [1.807, 2.05) is 36.4 Å². The van der Waals surface area contributed by atoms with E-state index in [0.717, 1.165) is 16.5 Å². The number of para-hydroxylation sites is 1. The lowest BCUT2D eigenvalue weighted by Gasteiger charge is -2.09. The summed E-state index contributed by atoms with van der Waals surface area (Å²) in [5.74, 6) is -0.414. The van der Waals surface area contributed by atoms with E-state index in [9.17, 15) is 4.79 Å². The number of carbonyl (C=O) groups excluding carboxylic acids is 1. The van der Waals surface area contributed by atoms with Crippen LogP contribution in [0.1, 0.15) is 10.4 Å². The highest BCUT2D eigenvalue weighted by Gasteiger charge is 2.16. The molecule has 0 atom stereocenters. The minimum absolute atomic E-state index is 0.414. The molecule has 3 rings (SSSR count). The zero-order valence-electron chi connectivity index (χ0n) is 11.3. The van der Waals surface area contributed by atoms with Crippen molar-refractivity contribution >= 4 is 28.5 Å². The lowest BCUT2D eigenvalue weighted by Crippen LogP contribution is -2.05. The lowest BCUT2D eigenvalue weighted by atomic mass is 10.0. The van der Waals surface area contributed by atoms with Gasteiger partial charge in [0.2, 0.25) is 0 Å². The third kappa shape index (κ3) is 2.60. The smallest absolute Gasteiger partial charge is 0.340 e. The first-order valence-corrected chi connectivity index (χ1v) is 6.81. The lowest BCUT2D eigenvalue weighted by molar-refractivity contribution is 0.0601. The van der Waals surface area contributed by atoms with Gasteiger partial charge in [-0.15, -0.1) is 0 Å². The summed E-state index contributed by atoms with van der Waals surface area (Å²) >= 11 is 6.03. The van der Waals surface area contributed by atoms with Gasteiger partial charge in [-0.3, -0.25) is 0 Å². The van der Waals surface area contributed by atoms with Gasteiger partial charge in [-0.05, 0) is 24.3 Å². The van der Waals surface area contributed by atoms with E-state index in [0.29, 0.717) is 16.3 Å². The van der Waals surface area contributed by atoms with E-state index in [4.69, 9.17) is 16.3 Å². The average molecular weight is 298 g/mol. The van der Waals surface area contributed by atoms with Crippen LogP contribution in [0.15, 0.2) is 54.6 Å². The van der Waals surface area contributed by atoms with Crippen molar-refractivity contribution in [1.82, 2.24) is 4.98 Å². The van der Waals surface area contributed by atoms with Crippen molar-refractivity contribution in [3.05, 3.63) is 65.2 Å². The average Bonchev–Trinajstić information content (AvgIpc) is 2.53. The van der Waals surface area contributed by atoms with Crippen LogP contribution < -0.4 is 0 Å². The van der Waals surface area contributed by atoms with Crippen molar-refractivity contribution in [3.63, 3.8) is 0 Å². The van der Waals surface area contributed by atoms with Gasteiger partial charge in [0.05, 0.1) is 23.9 Å². The number of hydrogen-bond acceptors (Lipinski definition) is 3. The molecule has 0 aliphatic carbocycles. The van der Waals surface area contributed by atoms with Gasteiger partial charge in [-0.25, -0.2) is 9.78 Å². The highest BCUT2D eigenvalue weighted by atomic mass is 35.5. The van der Waals surface area contributed by atoms with Crippen LogP contribution in [0.2, 0.25) is 5.02 Å². The maximum Gasteiger partial charge on any atom is 0.340 e. The Morgan fingerprint density at radius 2 is 1.90 bits per heavy atom. The zero-order chi connectivity index (χ0) is 14.8. The number of esters is 1. The highest BCUT2D eigenvalue weighted by molar-refractivity contribution is 6.30. The van der Waals surface area contributed by atoms with E-state index in [1.54, 1.807) is 18.2 Å². The molecule has 0 N–H and O–H groups in total. The molecule has 0 saturated carbocycles. The molecule has 0 radical (unpaired) electrons. The fourth-order valence-corrected chi connectivity index (χ4v) is 2.43. The number of rotatable bonds is 2. The molecular formula is C17H12ClNO2. The van der Waals surface area contributed by atoms with Gasteiger partial charge in [0.25, 0.3) is 0 Å². The predicted molar refractivity (Wildman–Crippen MR) is 83.5 cm³/mol. The summed E-state index contributed by atoms with van der Waals surface area (Å²) in [7, 11) is 1.36.